The second-order valence-electron chi connectivity index (χ2n) is 7.07. The molecule has 0 radical (unpaired) electrons. The molecule has 1 saturated heterocycles. The van der Waals surface area contributed by atoms with Crippen LogP contribution in [0.25, 0.3) is 0 Å². The monoisotopic (exact) mass is 392 g/mol. The standard InChI is InChI=1S/C18H23F3N2O2.ClH/c1-12(13-2-4-14(5-3-13)25-11-18(19,20)21)23-16(24)15-10-17(15)6-8-22-9-7-17;/h2-5,12,15,22H,6-11H2,1H3,(H,23,24);1H. The average Bonchev–Trinajstić information content (AvgIpc) is 3.26. The zero-order valence-corrected chi connectivity index (χ0v) is 15.4. The Morgan fingerprint density at radius 3 is 2.50 bits per heavy atom. The molecule has 3 rings (SSSR count). The summed E-state index contributed by atoms with van der Waals surface area (Å²) >= 11 is 0. The van der Waals surface area contributed by atoms with Gasteiger partial charge in [-0.2, -0.15) is 13.2 Å². The Kier molecular flexibility index (Phi) is 6.45. The van der Waals surface area contributed by atoms with E-state index in [9.17, 15) is 18.0 Å². The maximum atomic E-state index is 12.5. The lowest BCUT2D eigenvalue weighted by Gasteiger charge is -2.24. The van der Waals surface area contributed by atoms with Crippen molar-refractivity contribution < 1.29 is 22.7 Å². The normalized spacial score (nSPS) is 22.2. The van der Waals surface area contributed by atoms with Gasteiger partial charge < -0.3 is 15.4 Å². The van der Waals surface area contributed by atoms with Gasteiger partial charge in [0.1, 0.15) is 5.75 Å². The van der Waals surface area contributed by atoms with Crippen molar-refractivity contribution in [3.63, 3.8) is 0 Å². The molecule has 1 aromatic rings. The summed E-state index contributed by atoms with van der Waals surface area (Å²) < 4.78 is 41.1. The number of nitrogens with one attached hydrogen (secondary N) is 2. The van der Waals surface area contributed by atoms with Crippen LogP contribution in [0.15, 0.2) is 24.3 Å². The van der Waals surface area contributed by atoms with Crippen LogP contribution < -0.4 is 15.4 Å². The first-order valence-corrected chi connectivity index (χ1v) is 8.60. The fourth-order valence-corrected chi connectivity index (χ4v) is 3.61. The van der Waals surface area contributed by atoms with E-state index >= 15 is 0 Å². The molecule has 0 aromatic heterocycles. The number of carbonyl (C=O) groups is 1. The fourth-order valence-electron chi connectivity index (χ4n) is 3.61. The number of ether oxygens (including phenoxy) is 1. The van der Waals surface area contributed by atoms with Gasteiger partial charge in [-0.25, -0.2) is 0 Å². The Labute approximate surface area is 157 Å². The van der Waals surface area contributed by atoms with Crippen molar-refractivity contribution in [2.45, 2.75) is 38.4 Å². The summed E-state index contributed by atoms with van der Waals surface area (Å²) in [6.07, 6.45) is -1.30. The summed E-state index contributed by atoms with van der Waals surface area (Å²) in [5, 5.41) is 6.34. The van der Waals surface area contributed by atoms with Crippen LogP contribution in [0.3, 0.4) is 0 Å². The number of alkyl halides is 3. The van der Waals surface area contributed by atoms with E-state index in [1.807, 2.05) is 6.92 Å². The maximum absolute atomic E-state index is 12.5. The van der Waals surface area contributed by atoms with E-state index in [4.69, 9.17) is 4.74 Å². The van der Waals surface area contributed by atoms with E-state index in [-0.39, 0.29) is 41.4 Å². The van der Waals surface area contributed by atoms with Gasteiger partial charge in [-0.1, -0.05) is 12.1 Å². The highest BCUT2D eigenvalue weighted by Gasteiger charge is 2.57. The third kappa shape index (κ3) is 5.04. The first kappa shape index (κ1) is 20.8. The zero-order valence-electron chi connectivity index (χ0n) is 14.6. The predicted molar refractivity (Wildman–Crippen MR) is 94.4 cm³/mol. The summed E-state index contributed by atoms with van der Waals surface area (Å²) in [6.45, 7) is 2.51. The molecule has 2 N–H and O–H groups in total. The third-order valence-electron chi connectivity index (χ3n) is 5.25. The van der Waals surface area contributed by atoms with Gasteiger partial charge in [0.15, 0.2) is 6.61 Å². The van der Waals surface area contributed by atoms with E-state index in [2.05, 4.69) is 10.6 Å². The lowest BCUT2D eigenvalue weighted by molar-refractivity contribution is -0.153. The van der Waals surface area contributed by atoms with E-state index in [0.717, 1.165) is 37.9 Å². The number of benzene rings is 1. The number of rotatable bonds is 5. The molecule has 146 valence electrons. The molecule has 2 unspecified atom stereocenters. The first-order chi connectivity index (χ1) is 11.8. The second kappa shape index (κ2) is 8.05. The molecule has 2 atom stereocenters. The molecule has 0 bridgehead atoms. The minimum absolute atomic E-state index is 0. The van der Waals surface area contributed by atoms with Gasteiger partial charge in [-0.05, 0) is 62.4 Å². The Bertz CT molecular complexity index is 616. The van der Waals surface area contributed by atoms with Gasteiger partial charge in [0.25, 0.3) is 0 Å². The Balaban J connectivity index is 0.00000243. The lowest BCUT2D eigenvalue weighted by atomic mass is 9.91. The van der Waals surface area contributed by atoms with E-state index < -0.39 is 12.8 Å². The number of hydrogen-bond acceptors (Lipinski definition) is 3. The van der Waals surface area contributed by atoms with Gasteiger partial charge in [0, 0.05) is 5.92 Å². The molecule has 4 nitrogen and oxygen atoms in total. The van der Waals surface area contributed by atoms with Crippen LogP contribution in [0.1, 0.15) is 37.8 Å². The van der Waals surface area contributed by atoms with E-state index in [1.165, 1.54) is 12.1 Å². The molecule has 1 aliphatic carbocycles. The van der Waals surface area contributed by atoms with Crippen molar-refractivity contribution in [3.8, 4) is 5.75 Å². The van der Waals surface area contributed by atoms with Crippen molar-refractivity contribution >= 4 is 18.3 Å². The van der Waals surface area contributed by atoms with Gasteiger partial charge in [-0.3, -0.25) is 4.79 Å². The second-order valence-corrected chi connectivity index (χ2v) is 7.07. The van der Waals surface area contributed by atoms with Crippen LogP contribution in [0.5, 0.6) is 5.75 Å². The van der Waals surface area contributed by atoms with Crippen LogP contribution >= 0.6 is 12.4 Å². The van der Waals surface area contributed by atoms with Crippen molar-refractivity contribution in [3.05, 3.63) is 29.8 Å². The third-order valence-corrected chi connectivity index (χ3v) is 5.25. The smallest absolute Gasteiger partial charge is 0.422 e. The van der Waals surface area contributed by atoms with Gasteiger partial charge in [-0.15, -0.1) is 12.4 Å². The highest BCUT2D eigenvalue weighted by molar-refractivity contribution is 5.85. The zero-order chi connectivity index (χ0) is 18.1. The molecule has 1 aliphatic heterocycles. The van der Waals surface area contributed by atoms with Crippen molar-refractivity contribution in [2.75, 3.05) is 19.7 Å². The predicted octanol–water partition coefficient (Wildman–Crippen LogP) is 3.62. The molecular formula is C18H24ClF3N2O2. The molecule has 1 saturated carbocycles. The topological polar surface area (TPSA) is 50.4 Å². The summed E-state index contributed by atoms with van der Waals surface area (Å²) in [4.78, 5) is 12.5. The number of piperidine rings is 1. The SMILES string of the molecule is CC(NC(=O)C1CC12CCNCC2)c1ccc(OCC(F)(F)F)cc1.Cl. The molecule has 1 aromatic carbocycles. The largest absolute Gasteiger partial charge is 0.484 e. The highest BCUT2D eigenvalue weighted by Crippen LogP contribution is 2.58. The number of hydrogen-bond donors (Lipinski definition) is 2. The summed E-state index contributed by atoms with van der Waals surface area (Å²) in [6, 6.07) is 6.17. The molecule has 1 amide bonds. The highest BCUT2D eigenvalue weighted by atomic mass is 35.5. The summed E-state index contributed by atoms with van der Waals surface area (Å²) in [5.41, 5.74) is 1.03. The van der Waals surface area contributed by atoms with Crippen LogP contribution in [0, 0.1) is 11.3 Å². The molecule has 1 heterocycles. The van der Waals surface area contributed by atoms with Gasteiger partial charge in [0.2, 0.25) is 5.91 Å². The summed E-state index contributed by atoms with van der Waals surface area (Å²) in [5.74, 6) is 0.327. The van der Waals surface area contributed by atoms with E-state index in [1.54, 1.807) is 12.1 Å². The van der Waals surface area contributed by atoms with Crippen molar-refractivity contribution in [2.24, 2.45) is 11.3 Å². The van der Waals surface area contributed by atoms with Crippen LogP contribution in [0.2, 0.25) is 0 Å². The lowest BCUT2D eigenvalue weighted by Crippen LogP contribution is -2.34. The van der Waals surface area contributed by atoms with Crippen molar-refractivity contribution in [1.29, 1.82) is 0 Å². The van der Waals surface area contributed by atoms with Crippen LogP contribution in [0.4, 0.5) is 13.2 Å². The molecule has 1 spiro atoms. The number of carbonyl (C=O) groups excluding carboxylic acids is 1. The fraction of sp³-hybridized carbons (Fsp3) is 0.611. The number of halogens is 4. The maximum Gasteiger partial charge on any atom is 0.422 e. The average molecular weight is 393 g/mol. The van der Waals surface area contributed by atoms with Crippen LogP contribution in [-0.2, 0) is 4.79 Å². The van der Waals surface area contributed by atoms with E-state index in [0.29, 0.717) is 0 Å². The Hall–Kier alpha value is -1.47. The quantitative estimate of drug-likeness (QED) is 0.804. The molecule has 2 fully saturated rings. The minimum atomic E-state index is -4.35. The molecular weight excluding hydrogens is 369 g/mol. The molecule has 26 heavy (non-hydrogen) atoms. The molecule has 8 heteroatoms. The summed E-state index contributed by atoms with van der Waals surface area (Å²) in [7, 11) is 0. The first-order valence-electron chi connectivity index (χ1n) is 8.60. The van der Waals surface area contributed by atoms with Gasteiger partial charge >= 0.3 is 6.18 Å². The molecule has 2 aliphatic rings. The van der Waals surface area contributed by atoms with Crippen molar-refractivity contribution in [1.82, 2.24) is 10.6 Å². The Morgan fingerprint density at radius 1 is 1.31 bits per heavy atom. The van der Waals surface area contributed by atoms with Crippen LogP contribution in [-0.4, -0.2) is 31.8 Å². The minimum Gasteiger partial charge on any atom is -0.484 e. The number of amides is 1. The van der Waals surface area contributed by atoms with Gasteiger partial charge in [0.05, 0.1) is 6.04 Å². The Morgan fingerprint density at radius 2 is 1.92 bits per heavy atom.